The summed E-state index contributed by atoms with van der Waals surface area (Å²) in [5.41, 5.74) is -0.206. The van der Waals surface area contributed by atoms with Crippen molar-refractivity contribution in [2.75, 3.05) is 13.2 Å². The van der Waals surface area contributed by atoms with Crippen molar-refractivity contribution in [1.29, 1.82) is 0 Å². The highest BCUT2D eigenvalue weighted by Crippen LogP contribution is 2.23. The van der Waals surface area contributed by atoms with E-state index in [-0.39, 0.29) is 11.5 Å². The second-order valence-corrected chi connectivity index (χ2v) is 4.06. The molecule has 15 heavy (non-hydrogen) atoms. The first-order chi connectivity index (χ1) is 7.20. The largest absolute Gasteiger partial charge is 0.459 e. The zero-order valence-corrected chi connectivity index (χ0v) is 8.79. The Balaban J connectivity index is 1.85. The van der Waals surface area contributed by atoms with Gasteiger partial charge in [0.25, 0.3) is 5.91 Å². The maximum absolute atomic E-state index is 11.5. The quantitative estimate of drug-likeness (QED) is 0.822. The monoisotopic (exact) mass is 209 g/mol. The van der Waals surface area contributed by atoms with E-state index in [1.54, 1.807) is 12.1 Å². The smallest absolute Gasteiger partial charge is 0.287 e. The van der Waals surface area contributed by atoms with E-state index >= 15 is 0 Å². The van der Waals surface area contributed by atoms with Crippen LogP contribution in [0.2, 0.25) is 0 Å². The maximum Gasteiger partial charge on any atom is 0.287 e. The van der Waals surface area contributed by atoms with Gasteiger partial charge in [-0.05, 0) is 31.9 Å². The second-order valence-electron chi connectivity index (χ2n) is 4.06. The summed E-state index contributed by atoms with van der Waals surface area (Å²) in [6.45, 7) is 3.34. The van der Waals surface area contributed by atoms with Gasteiger partial charge in [-0.25, -0.2) is 0 Å². The molecule has 0 aliphatic carbocycles. The maximum atomic E-state index is 11.5. The van der Waals surface area contributed by atoms with Gasteiger partial charge < -0.3 is 14.5 Å². The van der Waals surface area contributed by atoms with Crippen LogP contribution in [-0.4, -0.2) is 24.7 Å². The first kappa shape index (κ1) is 10.2. The predicted molar refractivity (Wildman–Crippen MR) is 54.6 cm³/mol. The van der Waals surface area contributed by atoms with Crippen LogP contribution < -0.4 is 5.32 Å². The van der Waals surface area contributed by atoms with E-state index in [2.05, 4.69) is 5.32 Å². The molecule has 1 atom stereocenters. The Bertz CT molecular complexity index is 326. The van der Waals surface area contributed by atoms with Gasteiger partial charge in [0.05, 0.1) is 11.9 Å². The van der Waals surface area contributed by atoms with Gasteiger partial charge in [0.15, 0.2) is 5.76 Å². The summed E-state index contributed by atoms with van der Waals surface area (Å²) in [6.07, 6.45) is 3.54. The van der Waals surface area contributed by atoms with Crippen molar-refractivity contribution in [1.82, 2.24) is 5.32 Å². The normalized spacial score (nSPS) is 25.4. The SMILES string of the molecule is CC1(CNC(=O)c2ccco2)CCCO1. The Morgan fingerprint density at radius 1 is 1.67 bits per heavy atom. The molecular formula is C11H15NO3. The number of carbonyl (C=O) groups is 1. The summed E-state index contributed by atoms with van der Waals surface area (Å²) in [4.78, 5) is 11.5. The van der Waals surface area contributed by atoms with Gasteiger partial charge in [0.2, 0.25) is 0 Å². The Hall–Kier alpha value is -1.29. The van der Waals surface area contributed by atoms with Crippen molar-refractivity contribution in [2.24, 2.45) is 0 Å². The number of amides is 1. The van der Waals surface area contributed by atoms with Crippen molar-refractivity contribution in [2.45, 2.75) is 25.4 Å². The predicted octanol–water partition coefficient (Wildman–Crippen LogP) is 1.58. The Kier molecular flexibility index (Phi) is 2.77. The summed E-state index contributed by atoms with van der Waals surface area (Å²) in [5, 5.41) is 2.81. The third-order valence-corrected chi connectivity index (χ3v) is 2.67. The van der Waals surface area contributed by atoms with Gasteiger partial charge in [-0.3, -0.25) is 4.79 Å². The van der Waals surface area contributed by atoms with Crippen molar-refractivity contribution < 1.29 is 13.9 Å². The number of hydrogen-bond donors (Lipinski definition) is 1. The van der Waals surface area contributed by atoms with E-state index < -0.39 is 0 Å². The highest BCUT2D eigenvalue weighted by molar-refractivity contribution is 5.91. The first-order valence-electron chi connectivity index (χ1n) is 5.15. The van der Waals surface area contributed by atoms with Gasteiger partial charge in [-0.1, -0.05) is 0 Å². The summed E-state index contributed by atoms with van der Waals surface area (Å²) in [5.74, 6) is 0.160. The van der Waals surface area contributed by atoms with Crippen LogP contribution in [0.1, 0.15) is 30.3 Å². The molecule has 1 N–H and O–H groups in total. The number of ether oxygens (including phenoxy) is 1. The van der Waals surface area contributed by atoms with Crippen LogP contribution in [0.25, 0.3) is 0 Å². The van der Waals surface area contributed by atoms with Gasteiger partial charge in [0, 0.05) is 13.2 Å². The van der Waals surface area contributed by atoms with Crippen molar-refractivity contribution in [3.63, 3.8) is 0 Å². The standard InChI is InChI=1S/C11H15NO3/c1-11(5-3-7-15-11)8-12-10(13)9-4-2-6-14-9/h2,4,6H,3,5,7-8H2,1H3,(H,12,13). The lowest BCUT2D eigenvalue weighted by Crippen LogP contribution is -2.39. The molecule has 1 fully saturated rings. The lowest BCUT2D eigenvalue weighted by Gasteiger charge is -2.22. The topological polar surface area (TPSA) is 51.5 Å². The lowest BCUT2D eigenvalue weighted by molar-refractivity contribution is 0.0203. The summed E-state index contributed by atoms with van der Waals surface area (Å²) in [6, 6.07) is 3.34. The summed E-state index contributed by atoms with van der Waals surface area (Å²) < 4.78 is 10.6. The highest BCUT2D eigenvalue weighted by Gasteiger charge is 2.30. The molecule has 0 bridgehead atoms. The fraction of sp³-hybridized carbons (Fsp3) is 0.545. The number of hydrogen-bond acceptors (Lipinski definition) is 3. The Labute approximate surface area is 88.6 Å². The molecule has 0 aromatic carbocycles. The highest BCUT2D eigenvalue weighted by atomic mass is 16.5. The molecule has 1 aliphatic heterocycles. The van der Waals surface area contributed by atoms with E-state index in [4.69, 9.17) is 9.15 Å². The van der Waals surface area contributed by atoms with Crippen LogP contribution in [0.5, 0.6) is 0 Å². The van der Waals surface area contributed by atoms with Gasteiger partial charge in [0.1, 0.15) is 0 Å². The molecule has 1 saturated heterocycles. The summed E-state index contributed by atoms with van der Waals surface area (Å²) >= 11 is 0. The molecule has 0 spiro atoms. The molecule has 82 valence electrons. The average molecular weight is 209 g/mol. The van der Waals surface area contributed by atoms with Gasteiger partial charge >= 0.3 is 0 Å². The molecule has 1 aromatic rings. The van der Waals surface area contributed by atoms with Crippen molar-refractivity contribution in [3.05, 3.63) is 24.2 Å². The zero-order valence-electron chi connectivity index (χ0n) is 8.79. The molecule has 4 nitrogen and oxygen atoms in total. The molecule has 0 radical (unpaired) electrons. The van der Waals surface area contributed by atoms with Crippen molar-refractivity contribution in [3.8, 4) is 0 Å². The molecule has 0 saturated carbocycles. The van der Waals surface area contributed by atoms with Crippen LogP contribution in [-0.2, 0) is 4.74 Å². The van der Waals surface area contributed by atoms with Crippen molar-refractivity contribution >= 4 is 5.91 Å². The van der Waals surface area contributed by atoms with E-state index in [1.807, 2.05) is 6.92 Å². The third kappa shape index (κ3) is 2.39. The molecule has 4 heteroatoms. The van der Waals surface area contributed by atoms with Gasteiger partial charge in [-0.2, -0.15) is 0 Å². The number of furan rings is 1. The second kappa shape index (κ2) is 4.06. The van der Waals surface area contributed by atoms with E-state index in [1.165, 1.54) is 6.26 Å². The van der Waals surface area contributed by atoms with Crippen LogP contribution in [0.4, 0.5) is 0 Å². The Morgan fingerprint density at radius 2 is 2.53 bits per heavy atom. The minimum atomic E-state index is -0.206. The average Bonchev–Trinajstić information content (AvgIpc) is 2.85. The number of nitrogens with one attached hydrogen (secondary N) is 1. The fourth-order valence-corrected chi connectivity index (χ4v) is 1.74. The molecule has 1 aliphatic rings. The number of rotatable bonds is 3. The minimum absolute atomic E-state index is 0.184. The van der Waals surface area contributed by atoms with Crippen LogP contribution in [0.3, 0.4) is 0 Å². The molecule has 1 aromatic heterocycles. The molecule has 2 heterocycles. The van der Waals surface area contributed by atoms with E-state index in [9.17, 15) is 4.79 Å². The van der Waals surface area contributed by atoms with E-state index in [0.29, 0.717) is 12.3 Å². The first-order valence-corrected chi connectivity index (χ1v) is 5.15. The zero-order chi connectivity index (χ0) is 10.7. The summed E-state index contributed by atoms with van der Waals surface area (Å²) in [7, 11) is 0. The van der Waals surface area contributed by atoms with E-state index in [0.717, 1.165) is 19.4 Å². The Morgan fingerprint density at radius 3 is 3.13 bits per heavy atom. The van der Waals surface area contributed by atoms with Crippen LogP contribution >= 0.6 is 0 Å². The fourth-order valence-electron chi connectivity index (χ4n) is 1.74. The molecule has 1 amide bonds. The molecule has 2 rings (SSSR count). The van der Waals surface area contributed by atoms with Gasteiger partial charge in [-0.15, -0.1) is 0 Å². The van der Waals surface area contributed by atoms with Crippen LogP contribution in [0.15, 0.2) is 22.8 Å². The minimum Gasteiger partial charge on any atom is -0.459 e. The lowest BCUT2D eigenvalue weighted by atomic mass is 10.0. The molecular weight excluding hydrogens is 194 g/mol. The van der Waals surface area contributed by atoms with Crippen LogP contribution in [0, 0.1) is 0 Å². The molecule has 1 unspecified atom stereocenters. The number of carbonyl (C=O) groups excluding carboxylic acids is 1. The third-order valence-electron chi connectivity index (χ3n) is 2.67.